The van der Waals surface area contributed by atoms with Gasteiger partial charge in [0, 0.05) is 18.8 Å². The molecule has 1 heterocycles. The fourth-order valence-electron chi connectivity index (χ4n) is 1.60. The molecule has 0 aliphatic carbocycles. The summed E-state index contributed by atoms with van der Waals surface area (Å²) in [4.78, 5) is 12.6. The molecular formula is C14H15N5. The molecule has 0 aliphatic heterocycles. The predicted molar refractivity (Wildman–Crippen MR) is 78.6 cm³/mol. The van der Waals surface area contributed by atoms with Gasteiger partial charge in [-0.15, -0.1) is 0 Å². The zero-order chi connectivity index (χ0) is 13.5. The van der Waals surface area contributed by atoms with Gasteiger partial charge in [0.05, 0.1) is 17.7 Å². The quantitative estimate of drug-likeness (QED) is 0.645. The van der Waals surface area contributed by atoms with Crippen LogP contribution in [0.5, 0.6) is 0 Å². The molecule has 19 heavy (non-hydrogen) atoms. The molecule has 0 saturated heterocycles. The van der Waals surface area contributed by atoms with E-state index in [9.17, 15) is 0 Å². The number of anilines is 1. The van der Waals surface area contributed by atoms with Gasteiger partial charge in [0.1, 0.15) is 0 Å². The highest BCUT2D eigenvalue weighted by Gasteiger charge is 2.01. The molecule has 0 bridgehead atoms. The van der Waals surface area contributed by atoms with Crippen LogP contribution in [0.4, 0.5) is 5.95 Å². The van der Waals surface area contributed by atoms with E-state index in [4.69, 9.17) is 5.73 Å². The van der Waals surface area contributed by atoms with Gasteiger partial charge in [-0.05, 0) is 12.1 Å². The SMILES string of the molecule is CNc1nccc(C=C(N=CN)c2ccccc2)n1. The predicted octanol–water partition coefficient (Wildman–Crippen LogP) is 2.00. The molecule has 0 radical (unpaired) electrons. The molecule has 5 heteroatoms. The minimum absolute atomic E-state index is 0.567. The molecule has 3 N–H and O–H groups in total. The largest absolute Gasteiger partial charge is 0.390 e. The molecule has 1 aromatic carbocycles. The number of benzene rings is 1. The van der Waals surface area contributed by atoms with E-state index < -0.39 is 0 Å². The van der Waals surface area contributed by atoms with E-state index in [-0.39, 0.29) is 0 Å². The first-order chi connectivity index (χ1) is 9.33. The maximum Gasteiger partial charge on any atom is 0.222 e. The summed E-state index contributed by atoms with van der Waals surface area (Å²) in [5, 5.41) is 2.90. The third kappa shape index (κ3) is 3.38. The molecule has 0 amide bonds. The summed E-state index contributed by atoms with van der Waals surface area (Å²) < 4.78 is 0. The standard InChI is InChI=1S/C14H15N5/c1-16-14-17-8-7-12(19-14)9-13(18-10-15)11-5-3-2-4-6-11/h2-10H,1H3,(H2,15,18)(H,16,17,19). The van der Waals surface area contributed by atoms with E-state index in [0.717, 1.165) is 17.0 Å². The maximum absolute atomic E-state index is 5.40. The Kier molecular flexibility index (Phi) is 4.23. The highest BCUT2D eigenvalue weighted by Crippen LogP contribution is 2.18. The van der Waals surface area contributed by atoms with Crippen LogP contribution in [0.1, 0.15) is 11.3 Å². The van der Waals surface area contributed by atoms with E-state index in [2.05, 4.69) is 20.3 Å². The second-order valence-corrected chi connectivity index (χ2v) is 3.73. The van der Waals surface area contributed by atoms with Gasteiger partial charge < -0.3 is 11.1 Å². The van der Waals surface area contributed by atoms with Crippen molar-refractivity contribution in [3.63, 3.8) is 0 Å². The van der Waals surface area contributed by atoms with Crippen LogP contribution < -0.4 is 11.1 Å². The highest BCUT2D eigenvalue weighted by atomic mass is 15.1. The number of hydrogen-bond acceptors (Lipinski definition) is 4. The van der Waals surface area contributed by atoms with Gasteiger partial charge in [-0.2, -0.15) is 0 Å². The van der Waals surface area contributed by atoms with Crippen LogP contribution in [0.2, 0.25) is 0 Å². The lowest BCUT2D eigenvalue weighted by Gasteiger charge is -2.03. The van der Waals surface area contributed by atoms with Crippen LogP contribution in [0.25, 0.3) is 11.8 Å². The average molecular weight is 253 g/mol. The van der Waals surface area contributed by atoms with Gasteiger partial charge in [-0.3, -0.25) is 0 Å². The van der Waals surface area contributed by atoms with Crippen molar-refractivity contribution in [2.45, 2.75) is 0 Å². The lowest BCUT2D eigenvalue weighted by Crippen LogP contribution is -1.97. The fourth-order valence-corrected chi connectivity index (χ4v) is 1.60. The third-order valence-electron chi connectivity index (χ3n) is 2.47. The summed E-state index contributed by atoms with van der Waals surface area (Å²) in [6.07, 6.45) is 4.83. The van der Waals surface area contributed by atoms with Crippen molar-refractivity contribution in [1.29, 1.82) is 0 Å². The summed E-state index contributed by atoms with van der Waals surface area (Å²) in [7, 11) is 1.78. The van der Waals surface area contributed by atoms with E-state index in [1.165, 1.54) is 6.34 Å². The molecule has 0 spiro atoms. The first-order valence-electron chi connectivity index (χ1n) is 5.85. The van der Waals surface area contributed by atoms with Crippen molar-refractivity contribution in [3.05, 3.63) is 53.9 Å². The Morgan fingerprint density at radius 3 is 2.74 bits per heavy atom. The lowest BCUT2D eigenvalue weighted by molar-refractivity contribution is 1.14. The zero-order valence-corrected chi connectivity index (χ0v) is 10.6. The molecule has 0 unspecified atom stereocenters. The smallest absolute Gasteiger partial charge is 0.222 e. The number of nitrogens with zero attached hydrogens (tertiary/aromatic N) is 3. The molecule has 2 rings (SSSR count). The molecule has 0 atom stereocenters. The molecule has 2 aromatic rings. The highest BCUT2D eigenvalue weighted by molar-refractivity contribution is 5.83. The topological polar surface area (TPSA) is 76.2 Å². The van der Waals surface area contributed by atoms with Crippen molar-refractivity contribution in [3.8, 4) is 0 Å². The Labute approximate surface area is 111 Å². The minimum atomic E-state index is 0.567. The van der Waals surface area contributed by atoms with Gasteiger partial charge in [-0.1, -0.05) is 30.3 Å². The van der Waals surface area contributed by atoms with Crippen molar-refractivity contribution in [1.82, 2.24) is 9.97 Å². The van der Waals surface area contributed by atoms with E-state index >= 15 is 0 Å². The number of rotatable bonds is 4. The van der Waals surface area contributed by atoms with Gasteiger partial charge in [0.15, 0.2) is 0 Å². The van der Waals surface area contributed by atoms with Gasteiger partial charge in [0.2, 0.25) is 5.95 Å². The van der Waals surface area contributed by atoms with E-state index in [0.29, 0.717) is 5.95 Å². The number of nitrogens with two attached hydrogens (primary N) is 1. The van der Waals surface area contributed by atoms with Crippen LogP contribution in [0, 0.1) is 0 Å². The average Bonchev–Trinajstić information content (AvgIpc) is 2.48. The van der Waals surface area contributed by atoms with Crippen LogP contribution in [0.15, 0.2) is 47.6 Å². The fraction of sp³-hybridized carbons (Fsp3) is 0.0714. The van der Waals surface area contributed by atoms with Crippen LogP contribution >= 0.6 is 0 Å². The molecule has 5 nitrogen and oxygen atoms in total. The second kappa shape index (κ2) is 6.30. The van der Waals surface area contributed by atoms with Crippen LogP contribution in [0.3, 0.4) is 0 Å². The molecule has 0 fully saturated rings. The lowest BCUT2D eigenvalue weighted by atomic mass is 10.1. The number of hydrogen-bond donors (Lipinski definition) is 2. The molecule has 0 saturated carbocycles. The number of aliphatic imine (C=N–C) groups is 1. The van der Waals surface area contributed by atoms with E-state index in [1.54, 1.807) is 13.2 Å². The Morgan fingerprint density at radius 2 is 2.05 bits per heavy atom. The number of aromatic nitrogens is 2. The number of nitrogens with one attached hydrogen (secondary N) is 1. The summed E-state index contributed by atoms with van der Waals surface area (Å²) in [6, 6.07) is 11.6. The van der Waals surface area contributed by atoms with Crippen molar-refractivity contribution in [2.24, 2.45) is 10.7 Å². The summed E-state index contributed by atoms with van der Waals surface area (Å²) >= 11 is 0. The summed E-state index contributed by atoms with van der Waals surface area (Å²) in [6.45, 7) is 0. The van der Waals surface area contributed by atoms with Crippen molar-refractivity contribution in [2.75, 3.05) is 12.4 Å². The monoisotopic (exact) mass is 253 g/mol. The molecule has 1 aromatic heterocycles. The first-order valence-corrected chi connectivity index (χ1v) is 5.85. The second-order valence-electron chi connectivity index (χ2n) is 3.73. The van der Waals surface area contributed by atoms with Crippen LogP contribution in [-0.4, -0.2) is 23.4 Å². The molecule has 96 valence electrons. The summed E-state index contributed by atoms with van der Waals surface area (Å²) in [5.41, 5.74) is 7.90. The Hall–Kier alpha value is -2.69. The van der Waals surface area contributed by atoms with Crippen LogP contribution in [-0.2, 0) is 0 Å². The van der Waals surface area contributed by atoms with Gasteiger partial charge in [0.25, 0.3) is 0 Å². The maximum atomic E-state index is 5.40. The first kappa shape index (κ1) is 12.8. The van der Waals surface area contributed by atoms with E-state index in [1.807, 2.05) is 42.5 Å². The Morgan fingerprint density at radius 1 is 1.26 bits per heavy atom. The Balaban J connectivity index is 2.41. The van der Waals surface area contributed by atoms with Crippen molar-refractivity contribution >= 4 is 24.1 Å². The Bertz CT molecular complexity index is 590. The van der Waals surface area contributed by atoms with Gasteiger partial charge >= 0.3 is 0 Å². The summed E-state index contributed by atoms with van der Waals surface area (Å²) in [5.74, 6) is 0.567. The molecular weight excluding hydrogens is 238 g/mol. The minimum Gasteiger partial charge on any atom is -0.390 e. The molecule has 0 aliphatic rings. The zero-order valence-electron chi connectivity index (χ0n) is 10.6. The van der Waals surface area contributed by atoms with Gasteiger partial charge in [-0.25, -0.2) is 15.0 Å². The normalized spacial score (nSPS) is 11.7. The third-order valence-corrected chi connectivity index (χ3v) is 2.47. The van der Waals surface area contributed by atoms with Crippen molar-refractivity contribution < 1.29 is 0 Å².